The second-order valence-corrected chi connectivity index (χ2v) is 5.51. The number of hydrogen-bond acceptors (Lipinski definition) is 2. The highest BCUT2D eigenvalue weighted by atomic mass is 35.5. The highest BCUT2D eigenvalue weighted by Gasteiger charge is 2.19. The van der Waals surface area contributed by atoms with Crippen LogP contribution >= 0.6 is 22.9 Å². The number of benzene rings is 1. The molecule has 2 aromatic rings. The third-order valence-corrected chi connectivity index (χ3v) is 4.10. The van der Waals surface area contributed by atoms with Gasteiger partial charge in [-0.1, -0.05) is 29.8 Å². The Balaban J connectivity index is 2.16. The van der Waals surface area contributed by atoms with E-state index in [0.717, 1.165) is 10.4 Å². The van der Waals surface area contributed by atoms with Gasteiger partial charge in [-0.15, -0.1) is 11.3 Å². The molecule has 2 nitrogen and oxygen atoms in total. The largest absolute Gasteiger partial charge is 0.334 e. The third kappa shape index (κ3) is 2.74. The molecule has 0 bridgehead atoms. The molecule has 0 spiro atoms. The fraction of sp³-hybridized carbons (Fsp3) is 0.214. The number of thiophene rings is 1. The van der Waals surface area contributed by atoms with Crippen molar-refractivity contribution in [1.29, 1.82) is 0 Å². The van der Waals surface area contributed by atoms with Crippen molar-refractivity contribution in [3.8, 4) is 0 Å². The van der Waals surface area contributed by atoms with Gasteiger partial charge in [-0.2, -0.15) is 0 Å². The van der Waals surface area contributed by atoms with Gasteiger partial charge in [-0.25, -0.2) is 0 Å². The number of hydrogen-bond donors (Lipinski definition) is 0. The van der Waals surface area contributed by atoms with Crippen LogP contribution in [0.1, 0.15) is 28.2 Å². The van der Waals surface area contributed by atoms with Crippen LogP contribution in [0.3, 0.4) is 0 Å². The molecular formula is C14H14ClNOS. The summed E-state index contributed by atoms with van der Waals surface area (Å²) in [4.78, 5) is 14.7. The summed E-state index contributed by atoms with van der Waals surface area (Å²) < 4.78 is 0. The Morgan fingerprint density at radius 3 is 2.50 bits per heavy atom. The van der Waals surface area contributed by atoms with E-state index in [-0.39, 0.29) is 11.9 Å². The first-order chi connectivity index (χ1) is 8.59. The van der Waals surface area contributed by atoms with Gasteiger partial charge in [0, 0.05) is 12.1 Å². The Bertz CT molecular complexity index is 521. The summed E-state index contributed by atoms with van der Waals surface area (Å²) in [5, 5.41) is 2.62. The lowest BCUT2D eigenvalue weighted by molar-refractivity contribution is 0.0747. The van der Waals surface area contributed by atoms with E-state index in [9.17, 15) is 4.79 Å². The van der Waals surface area contributed by atoms with Gasteiger partial charge in [0.1, 0.15) is 0 Å². The number of rotatable bonds is 3. The van der Waals surface area contributed by atoms with Gasteiger partial charge in [0.2, 0.25) is 0 Å². The molecule has 0 saturated heterocycles. The standard InChI is InChI=1S/C14H14ClNOS/c1-10(11-5-7-12(15)8-6-11)16(2)14(17)13-4-3-9-18-13/h3-10H,1-2H3. The van der Waals surface area contributed by atoms with Crippen LogP contribution in [0.4, 0.5) is 0 Å². The van der Waals surface area contributed by atoms with Crippen molar-refractivity contribution in [2.45, 2.75) is 13.0 Å². The Morgan fingerprint density at radius 2 is 1.94 bits per heavy atom. The average molecular weight is 280 g/mol. The Labute approximate surface area is 116 Å². The lowest BCUT2D eigenvalue weighted by atomic mass is 10.1. The topological polar surface area (TPSA) is 20.3 Å². The van der Waals surface area contributed by atoms with Gasteiger partial charge < -0.3 is 4.90 Å². The van der Waals surface area contributed by atoms with Crippen molar-refractivity contribution in [2.75, 3.05) is 7.05 Å². The van der Waals surface area contributed by atoms with Crippen molar-refractivity contribution in [3.05, 3.63) is 57.2 Å². The lowest BCUT2D eigenvalue weighted by Gasteiger charge is -2.24. The normalized spacial score (nSPS) is 12.2. The highest BCUT2D eigenvalue weighted by molar-refractivity contribution is 7.12. The zero-order valence-corrected chi connectivity index (χ0v) is 11.8. The van der Waals surface area contributed by atoms with Gasteiger partial charge in [-0.3, -0.25) is 4.79 Å². The first kappa shape index (κ1) is 13.1. The van der Waals surface area contributed by atoms with Crippen LogP contribution in [0.2, 0.25) is 5.02 Å². The molecule has 1 aromatic heterocycles. The Kier molecular flexibility index (Phi) is 4.04. The minimum Gasteiger partial charge on any atom is -0.334 e. The average Bonchev–Trinajstić information content (AvgIpc) is 2.91. The highest BCUT2D eigenvalue weighted by Crippen LogP contribution is 2.23. The SMILES string of the molecule is CC(c1ccc(Cl)cc1)N(C)C(=O)c1cccs1. The minimum absolute atomic E-state index is 0.0249. The molecule has 1 aromatic carbocycles. The molecule has 4 heteroatoms. The van der Waals surface area contributed by atoms with Crippen LogP contribution in [0.15, 0.2) is 41.8 Å². The first-order valence-corrected chi connectivity index (χ1v) is 6.91. The second-order valence-electron chi connectivity index (χ2n) is 4.12. The summed E-state index contributed by atoms with van der Waals surface area (Å²) in [5.74, 6) is 0.0486. The molecule has 0 aliphatic heterocycles. The molecule has 94 valence electrons. The minimum atomic E-state index is 0.0249. The molecule has 1 heterocycles. The van der Waals surface area contributed by atoms with Gasteiger partial charge in [0.25, 0.3) is 5.91 Å². The zero-order valence-electron chi connectivity index (χ0n) is 10.3. The summed E-state index contributed by atoms with van der Waals surface area (Å²) in [5.41, 5.74) is 1.08. The molecule has 2 rings (SSSR count). The molecule has 0 fully saturated rings. The zero-order chi connectivity index (χ0) is 13.1. The fourth-order valence-electron chi connectivity index (χ4n) is 1.71. The van der Waals surface area contributed by atoms with E-state index in [1.54, 1.807) is 4.90 Å². The lowest BCUT2D eigenvalue weighted by Crippen LogP contribution is -2.28. The van der Waals surface area contributed by atoms with E-state index in [1.165, 1.54) is 11.3 Å². The maximum atomic E-state index is 12.2. The summed E-state index contributed by atoms with van der Waals surface area (Å²) in [6, 6.07) is 11.3. The summed E-state index contributed by atoms with van der Waals surface area (Å²) in [6.07, 6.45) is 0. The van der Waals surface area contributed by atoms with Crippen molar-refractivity contribution >= 4 is 28.8 Å². The second kappa shape index (κ2) is 5.55. The van der Waals surface area contributed by atoms with Crippen molar-refractivity contribution < 1.29 is 4.79 Å². The number of carbonyl (C=O) groups excluding carboxylic acids is 1. The quantitative estimate of drug-likeness (QED) is 0.823. The molecule has 1 atom stereocenters. The van der Waals surface area contributed by atoms with Gasteiger partial charge >= 0.3 is 0 Å². The van der Waals surface area contributed by atoms with Gasteiger partial charge in [-0.05, 0) is 36.1 Å². The van der Waals surface area contributed by atoms with Crippen LogP contribution in [-0.4, -0.2) is 17.9 Å². The molecular weight excluding hydrogens is 266 g/mol. The maximum absolute atomic E-state index is 12.2. The molecule has 0 N–H and O–H groups in total. The van der Waals surface area contributed by atoms with Crippen LogP contribution in [0.5, 0.6) is 0 Å². The van der Waals surface area contributed by atoms with E-state index in [0.29, 0.717) is 5.02 Å². The molecule has 1 amide bonds. The number of nitrogens with zero attached hydrogens (tertiary/aromatic N) is 1. The predicted octanol–water partition coefficient (Wildman–Crippen LogP) is 4.23. The van der Waals surface area contributed by atoms with Crippen LogP contribution < -0.4 is 0 Å². The molecule has 0 radical (unpaired) electrons. The van der Waals surface area contributed by atoms with Crippen molar-refractivity contribution in [3.63, 3.8) is 0 Å². The number of amides is 1. The van der Waals surface area contributed by atoms with E-state index in [4.69, 9.17) is 11.6 Å². The predicted molar refractivity (Wildman–Crippen MR) is 76.3 cm³/mol. The van der Waals surface area contributed by atoms with Crippen LogP contribution in [-0.2, 0) is 0 Å². The molecule has 18 heavy (non-hydrogen) atoms. The summed E-state index contributed by atoms with van der Waals surface area (Å²) in [6.45, 7) is 2.01. The molecule has 1 unspecified atom stereocenters. The molecule has 0 aliphatic carbocycles. The van der Waals surface area contributed by atoms with E-state index in [1.807, 2.05) is 55.7 Å². The Hall–Kier alpha value is -1.32. The smallest absolute Gasteiger partial charge is 0.264 e. The third-order valence-electron chi connectivity index (χ3n) is 2.99. The van der Waals surface area contributed by atoms with E-state index < -0.39 is 0 Å². The molecule has 0 aliphatic rings. The summed E-state index contributed by atoms with van der Waals surface area (Å²) >= 11 is 7.32. The first-order valence-electron chi connectivity index (χ1n) is 5.65. The van der Waals surface area contributed by atoms with E-state index in [2.05, 4.69) is 0 Å². The maximum Gasteiger partial charge on any atom is 0.264 e. The van der Waals surface area contributed by atoms with Crippen LogP contribution in [0.25, 0.3) is 0 Å². The monoisotopic (exact) mass is 279 g/mol. The summed E-state index contributed by atoms with van der Waals surface area (Å²) in [7, 11) is 1.82. The molecule has 0 saturated carbocycles. The van der Waals surface area contributed by atoms with Gasteiger partial charge in [0.15, 0.2) is 0 Å². The van der Waals surface area contributed by atoms with Gasteiger partial charge in [0.05, 0.1) is 10.9 Å². The number of carbonyl (C=O) groups is 1. The number of halogens is 1. The van der Waals surface area contributed by atoms with Crippen LogP contribution in [0, 0.1) is 0 Å². The fourth-order valence-corrected chi connectivity index (χ4v) is 2.55. The Morgan fingerprint density at radius 1 is 1.28 bits per heavy atom. The van der Waals surface area contributed by atoms with Crippen molar-refractivity contribution in [1.82, 2.24) is 4.90 Å². The van der Waals surface area contributed by atoms with E-state index >= 15 is 0 Å². The van der Waals surface area contributed by atoms with Crippen molar-refractivity contribution in [2.24, 2.45) is 0 Å².